The lowest BCUT2D eigenvalue weighted by molar-refractivity contribution is -0.141. The van der Waals surface area contributed by atoms with Gasteiger partial charge in [0.25, 0.3) is 0 Å². The van der Waals surface area contributed by atoms with Crippen LogP contribution in [0.2, 0.25) is 0 Å². The predicted molar refractivity (Wildman–Crippen MR) is 68.0 cm³/mol. The molecule has 0 spiro atoms. The summed E-state index contributed by atoms with van der Waals surface area (Å²) in [5.41, 5.74) is 0.375. The smallest absolute Gasteiger partial charge is 0.305 e. The van der Waals surface area contributed by atoms with Gasteiger partial charge in [0.15, 0.2) is 0 Å². The Hall–Kier alpha value is -0.570. The average Bonchev–Trinajstić information content (AvgIpc) is 2.75. The van der Waals surface area contributed by atoms with Gasteiger partial charge >= 0.3 is 5.97 Å². The lowest BCUT2D eigenvalue weighted by Gasteiger charge is -2.48. The first kappa shape index (κ1) is 12.9. The summed E-state index contributed by atoms with van der Waals surface area (Å²) in [6.45, 7) is 6.82. The molecule has 3 heteroatoms. The zero-order valence-corrected chi connectivity index (χ0v) is 11.2. The summed E-state index contributed by atoms with van der Waals surface area (Å²) in [4.78, 5) is 13.6. The highest BCUT2D eigenvalue weighted by Gasteiger charge is 2.44. The fourth-order valence-corrected chi connectivity index (χ4v) is 3.47. The molecule has 1 saturated carbocycles. The molecule has 0 amide bonds. The lowest BCUT2D eigenvalue weighted by Crippen LogP contribution is -2.52. The van der Waals surface area contributed by atoms with E-state index in [1.807, 2.05) is 0 Å². The van der Waals surface area contributed by atoms with Gasteiger partial charge in [0.1, 0.15) is 0 Å². The van der Waals surface area contributed by atoms with Crippen LogP contribution in [0, 0.1) is 5.41 Å². The Kier molecular flexibility index (Phi) is 3.48. The van der Waals surface area contributed by atoms with E-state index in [9.17, 15) is 9.90 Å². The minimum absolute atomic E-state index is 0.0299. The Morgan fingerprint density at radius 1 is 1.12 bits per heavy atom. The van der Waals surface area contributed by atoms with Crippen LogP contribution >= 0.6 is 0 Å². The van der Waals surface area contributed by atoms with Crippen LogP contribution in [0.4, 0.5) is 0 Å². The fraction of sp³-hybridized carbons (Fsp3) is 0.929. The molecule has 0 aromatic carbocycles. The van der Waals surface area contributed by atoms with E-state index in [4.69, 9.17) is 0 Å². The van der Waals surface area contributed by atoms with Gasteiger partial charge in [-0.1, -0.05) is 13.8 Å². The molecule has 2 rings (SSSR count). The zero-order chi connectivity index (χ0) is 12.5. The van der Waals surface area contributed by atoms with Crippen molar-refractivity contribution in [2.24, 2.45) is 5.41 Å². The molecule has 1 saturated heterocycles. The van der Waals surface area contributed by atoms with E-state index in [0.29, 0.717) is 11.8 Å². The Morgan fingerprint density at radius 2 is 1.65 bits per heavy atom. The number of nitrogens with zero attached hydrogens (tertiary/aromatic N) is 1. The number of aliphatic carboxylic acids is 1. The molecule has 0 radical (unpaired) electrons. The zero-order valence-electron chi connectivity index (χ0n) is 11.2. The Morgan fingerprint density at radius 3 is 2.12 bits per heavy atom. The average molecular weight is 239 g/mol. The number of carboxylic acid groups (broad SMARTS) is 1. The molecule has 0 unspecified atom stereocenters. The normalized spacial score (nSPS) is 28.1. The SMILES string of the molecule is CC1(C)CCC(CC(=O)O)(N2CCCC2)CC1. The first-order chi connectivity index (χ1) is 7.94. The van der Waals surface area contributed by atoms with E-state index >= 15 is 0 Å². The van der Waals surface area contributed by atoms with Gasteiger partial charge in [0.2, 0.25) is 0 Å². The topological polar surface area (TPSA) is 40.5 Å². The van der Waals surface area contributed by atoms with Crippen LogP contribution < -0.4 is 0 Å². The maximum atomic E-state index is 11.2. The number of hydrogen-bond donors (Lipinski definition) is 1. The molecule has 0 atom stereocenters. The first-order valence-electron chi connectivity index (χ1n) is 6.91. The summed E-state index contributed by atoms with van der Waals surface area (Å²) >= 11 is 0. The molecular weight excluding hydrogens is 214 g/mol. The largest absolute Gasteiger partial charge is 0.481 e. The molecule has 0 aromatic heterocycles. The molecule has 0 bridgehead atoms. The molecule has 98 valence electrons. The standard InChI is InChI=1S/C14H25NO2/c1-13(2)5-7-14(8-6-13,11-12(16)17)15-9-3-4-10-15/h3-11H2,1-2H3,(H,16,17). The van der Waals surface area contributed by atoms with Gasteiger partial charge in [-0.15, -0.1) is 0 Å². The van der Waals surface area contributed by atoms with Crippen LogP contribution in [0.15, 0.2) is 0 Å². The van der Waals surface area contributed by atoms with Crippen molar-refractivity contribution < 1.29 is 9.90 Å². The second-order valence-electron chi connectivity index (χ2n) is 6.65. The van der Waals surface area contributed by atoms with Crippen molar-refractivity contribution in [3.63, 3.8) is 0 Å². The van der Waals surface area contributed by atoms with Crippen LogP contribution in [0.5, 0.6) is 0 Å². The molecule has 1 aliphatic heterocycles. The predicted octanol–water partition coefficient (Wildman–Crippen LogP) is 2.90. The van der Waals surface area contributed by atoms with Crippen molar-refractivity contribution >= 4 is 5.97 Å². The number of carbonyl (C=O) groups is 1. The van der Waals surface area contributed by atoms with Crippen LogP contribution in [0.1, 0.15) is 58.8 Å². The molecule has 0 aromatic rings. The molecule has 2 aliphatic rings. The van der Waals surface area contributed by atoms with Gasteiger partial charge in [0.05, 0.1) is 6.42 Å². The minimum Gasteiger partial charge on any atom is -0.481 e. The summed E-state index contributed by atoms with van der Waals surface area (Å²) in [5.74, 6) is -0.628. The van der Waals surface area contributed by atoms with E-state index in [1.54, 1.807) is 0 Å². The highest BCUT2D eigenvalue weighted by Crippen LogP contribution is 2.45. The summed E-state index contributed by atoms with van der Waals surface area (Å²) < 4.78 is 0. The van der Waals surface area contributed by atoms with Crippen LogP contribution in [0.3, 0.4) is 0 Å². The molecule has 1 N–H and O–H groups in total. The lowest BCUT2D eigenvalue weighted by atomic mass is 9.67. The molecule has 1 aliphatic carbocycles. The molecule has 1 heterocycles. The van der Waals surface area contributed by atoms with E-state index < -0.39 is 5.97 Å². The van der Waals surface area contributed by atoms with E-state index in [-0.39, 0.29) is 5.54 Å². The van der Waals surface area contributed by atoms with Gasteiger partial charge in [-0.25, -0.2) is 0 Å². The third-order valence-corrected chi connectivity index (χ3v) is 4.79. The van der Waals surface area contributed by atoms with Crippen molar-refractivity contribution in [1.29, 1.82) is 0 Å². The van der Waals surface area contributed by atoms with E-state index in [0.717, 1.165) is 38.8 Å². The minimum atomic E-state index is -0.628. The summed E-state index contributed by atoms with van der Waals surface area (Å²) in [7, 11) is 0. The number of hydrogen-bond acceptors (Lipinski definition) is 2. The van der Waals surface area contributed by atoms with Crippen molar-refractivity contribution in [1.82, 2.24) is 4.90 Å². The van der Waals surface area contributed by atoms with E-state index in [1.165, 1.54) is 12.8 Å². The van der Waals surface area contributed by atoms with Crippen molar-refractivity contribution in [3.8, 4) is 0 Å². The maximum Gasteiger partial charge on any atom is 0.305 e. The maximum absolute atomic E-state index is 11.2. The van der Waals surface area contributed by atoms with Crippen LogP contribution in [-0.2, 0) is 4.79 Å². The molecule has 3 nitrogen and oxygen atoms in total. The van der Waals surface area contributed by atoms with Crippen molar-refractivity contribution in [3.05, 3.63) is 0 Å². The molecule has 17 heavy (non-hydrogen) atoms. The Bertz CT molecular complexity index is 283. The van der Waals surface area contributed by atoms with Gasteiger partial charge in [-0.3, -0.25) is 9.69 Å². The Labute approximate surface area is 104 Å². The number of rotatable bonds is 3. The van der Waals surface area contributed by atoms with Gasteiger partial charge in [-0.2, -0.15) is 0 Å². The van der Waals surface area contributed by atoms with Crippen LogP contribution in [0.25, 0.3) is 0 Å². The molecule has 2 fully saturated rings. The second-order valence-corrected chi connectivity index (χ2v) is 6.65. The first-order valence-corrected chi connectivity index (χ1v) is 6.91. The highest BCUT2D eigenvalue weighted by atomic mass is 16.4. The quantitative estimate of drug-likeness (QED) is 0.823. The van der Waals surface area contributed by atoms with Crippen molar-refractivity contribution in [2.75, 3.05) is 13.1 Å². The third kappa shape index (κ3) is 2.82. The molecular formula is C14H25NO2. The summed E-state index contributed by atoms with van der Waals surface area (Å²) in [6, 6.07) is 0. The second kappa shape index (κ2) is 4.60. The summed E-state index contributed by atoms with van der Waals surface area (Å²) in [5, 5.41) is 9.19. The monoisotopic (exact) mass is 239 g/mol. The van der Waals surface area contributed by atoms with E-state index in [2.05, 4.69) is 18.7 Å². The Balaban J connectivity index is 2.11. The highest BCUT2D eigenvalue weighted by molar-refractivity contribution is 5.68. The number of carboxylic acids is 1. The van der Waals surface area contributed by atoms with Crippen LogP contribution in [-0.4, -0.2) is 34.6 Å². The van der Waals surface area contributed by atoms with Gasteiger partial charge < -0.3 is 5.11 Å². The number of likely N-dealkylation sites (tertiary alicyclic amines) is 1. The van der Waals surface area contributed by atoms with Crippen molar-refractivity contribution in [2.45, 2.75) is 64.3 Å². The summed E-state index contributed by atoms with van der Waals surface area (Å²) in [6.07, 6.45) is 7.27. The fourth-order valence-electron chi connectivity index (χ4n) is 3.47. The van der Waals surface area contributed by atoms with Gasteiger partial charge in [0, 0.05) is 5.54 Å². The van der Waals surface area contributed by atoms with Gasteiger partial charge in [-0.05, 0) is 57.0 Å². The third-order valence-electron chi connectivity index (χ3n) is 4.79.